The van der Waals surface area contributed by atoms with Gasteiger partial charge in [0.05, 0.1) is 0 Å². The molecule has 3 aromatic rings. The Morgan fingerprint density at radius 2 is 1.81 bits per heavy atom. The second kappa shape index (κ2) is 13.7. The molecule has 0 saturated heterocycles. The number of hydrogen-bond donors (Lipinski definition) is 4. The molecule has 13 heteroatoms. The van der Waals surface area contributed by atoms with Crippen molar-refractivity contribution in [1.29, 1.82) is 0 Å². The Morgan fingerprint density at radius 3 is 2.55 bits per heavy atom. The van der Waals surface area contributed by atoms with Crippen molar-refractivity contribution in [3.05, 3.63) is 81.7 Å². The van der Waals surface area contributed by atoms with Gasteiger partial charge in [0.1, 0.15) is 30.9 Å². The summed E-state index contributed by atoms with van der Waals surface area (Å²) in [6, 6.07) is 8.53. The van der Waals surface area contributed by atoms with E-state index in [0.29, 0.717) is 30.8 Å². The minimum Gasteiger partial charge on any atom is -0.446 e. The van der Waals surface area contributed by atoms with Gasteiger partial charge in [-0.25, -0.2) is 9.78 Å². The van der Waals surface area contributed by atoms with Crippen LogP contribution in [0.25, 0.3) is 0 Å². The van der Waals surface area contributed by atoms with E-state index in [-0.39, 0.29) is 36.9 Å². The Bertz CT molecular complexity index is 1500. The topological polar surface area (TPSA) is 177 Å². The number of carbonyl (C=O) groups excluding carboxylic acids is 4. The smallest absolute Gasteiger partial charge is 0.348 e. The summed E-state index contributed by atoms with van der Waals surface area (Å²) in [4.78, 5) is 72.5. The summed E-state index contributed by atoms with van der Waals surface area (Å²) in [7, 11) is 0. The number of fused-ring (bicyclic) bond motifs is 2. The Morgan fingerprint density at radius 1 is 1.05 bits per heavy atom. The minimum atomic E-state index is -0.929. The molecule has 0 fully saturated rings. The third-order valence-electron chi connectivity index (χ3n) is 6.91. The lowest BCUT2D eigenvalue weighted by Crippen LogP contribution is -2.49. The Kier molecular flexibility index (Phi) is 9.84. The molecule has 4 N–H and O–H groups in total. The molecule has 0 unspecified atom stereocenters. The molecule has 0 spiro atoms. The van der Waals surface area contributed by atoms with E-state index in [1.807, 2.05) is 30.3 Å². The molecule has 2 aromatic heterocycles. The van der Waals surface area contributed by atoms with E-state index in [1.54, 1.807) is 26.8 Å². The molecule has 1 aliphatic heterocycles. The largest absolute Gasteiger partial charge is 0.446 e. The van der Waals surface area contributed by atoms with Crippen LogP contribution >= 0.6 is 0 Å². The van der Waals surface area contributed by atoms with Gasteiger partial charge >= 0.3 is 5.69 Å². The fraction of sp³-hybridized carbons (Fsp3) is 0.414. The monoisotopic (exact) mass is 577 g/mol. The summed E-state index contributed by atoms with van der Waals surface area (Å²) in [5, 5.41) is 11.1. The normalized spacial score (nSPS) is 20.3. The lowest BCUT2D eigenvalue weighted by atomic mass is 10.0. The van der Waals surface area contributed by atoms with E-state index in [9.17, 15) is 24.0 Å². The number of amides is 4. The molecule has 13 nitrogen and oxygen atoms in total. The minimum absolute atomic E-state index is 0.0403. The van der Waals surface area contributed by atoms with Crippen LogP contribution in [-0.2, 0) is 27.3 Å². The molecular weight excluding hydrogens is 542 g/mol. The number of nitrogens with one attached hydrogen (secondary N) is 4. The first-order valence-corrected chi connectivity index (χ1v) is 13.8. The zero-order valence-electron chi connectivity index (χ0n) is 23.8. The molecule has 4 rings (SSSR count). The SMILES string of the molecule is Cc1cc(C)n(CC(=O)N[C@H]2CCCCNC(=O)[C@H](Cc3ccccc3)NC(=O)c3coc(n3)[C@H](C)NC2=O)c(=O)n1. The molecule has 42 heavy (non-hydrogen) atoms. The third kappa shape index (κ3) is 7.89. The van der Waals surface area contributed by atoms with Gasteiger partial charge in [-0.05, 0) is 51.7 Å². The van der Waals surface area contributed by atoms with Crippen LogP contribution < -0.4 is 27.0 Å². The van der Waals surface area contributed by atoms with Crippen LogP contribution in [0, 0.1) is 13.8 Å². The number of aromatic nitrogens is 3. The summed E-state index contributed by atoms with van der Waals surface area (Å²) in [5.41, 5.74) is 1.40. The lowest BCUT2D eigenvalue weighted by molar-refractivity contribution is -0.130. The molecular formula is C29H35N7O6. The average Bonchev–Trinajstić information content (AvgIpc) is 3.44. The second-order valence-electron chi connectivity index (χ2n) is 10.3. The molecule has 0 aliphatic carbocycles. The van der Waals surface area contributed by atoms with E-state index >= 15 is 0 Å². The van der Waals surface area contributed by atoms with Crippen LogP contribution in [-0.4, -0.2) is 56.8 Å². The van der Waals surface area contributed by atoms with Crippen molar-refractivity contribution in [3.63, 3.8) is 0 Å². The summed E-state index contributed by atoms with van der Waals surface area (Å²) in [6.07, 6.45) is 2.74. The highest BCUT2D eigenvalue weighted by Gasteiger charge is 2.27. The first-order valence-electron chi connectivity index (χ1n) is 13.8. The molecule has 4 amide bonds. The summed E-state index contributed by atoms with van der Waals surface area (Å²) in [6.45, 7) is 5.04. The number of oxazole rings is 1. The maximum absolute atomic E-state index is 13.2. The quantitative estimate of drug-likeness (QED) is 0.345. The van der Waals surface area contributed by atoms with Gasteiger partial charge in [-0.3, -0.25) is 23.7 Å². The van der Waals surface area contributed by atoms with Gasteiger partial charge in [0.25, 0.3) is 5.91 Å². The van der Waals surface area contributed by atoms with Gasteiger partial charge in [0, 0.05) is 24.4 Å². The standard InChI is InChI=1S/C29H35N7O6/c1-17-13-18(2)36(29(41)31-17)15-24(37)33-21-11-7-8-12-30-25(38)22(14-20-9-5-4-6-10-20)34-27(40)23-16-42-28(35-23)19(3)32-26(21)39/h4-6,9-10,13,16,19,21-22H,7-8,11-12,14-15H2,1-3H3,(H,30,38)(H,32,39)(H,33,37)(H,34,40)/t19-,21-,22-/m0/s1. The molecule has 3 heterocycles. The molecule has 1 aliphatic rings. The van der Waals surface area contributed by atoms with Gasteiger partial charge in [-0.1, -0.05) is 30.3 Å². The predicted molar refractivity (Wildman–Crippen MR) is 151 cm³/mol. The number of nitrogens with zero attached hydrogens (tertiary/aromatic N) is 3. The maximum Gasteiger partial charge on any atom is 0.348 e. The lowest BCUT2D eigenvalue weighted by Gasteiger charge is -2.21. The number of aryl methyl sites for hydroxylation is 2. The number of benzene rings is 1. The van der Waals surface area contributed by atoms with Crippen molar-refractivity contribution in [1.82, 2.24) is 35.8 Å². The molecule has 222 valence electrons. The predicted octanol–water partition coefficient (Wildman–Crippen LogP) is 0.852. The molecule has 0 saturated carbocycles. The van der Waals surface area contributed by atoms with Crippen LogP contribution in [0.4, 0.5) is 0 Å². The fourth-order valence-corrected chi connectivity index (χ4v) is 4.69. The van der Waals surface area contributed by atoms with Gasteiger partial charge in [-0.15, -0.1) is 0 Å². The van der Waals surface area contributed by atoms with E-state index in [2.05, 4.69) is 31.2 Å². The van der Waals surface area contributed by atoms with E-state index in [4.69, 9.17) is 4.42 Å². The van der Waals surface area contributed by atoms with Crippen molar-refractivity contribution in [2.75, 3.05) is 6.54 Å². The van der Waals surface area contributed by atoms with Crippen molar-refractivity contribution in [3.8, 4) is 0 Å². The van der Waals surface area contributed by atoms with Crippen molar-refractivity contribution in [2.45, 2.75) is 71.1 Å². The van der Waals surface area contributed by atoms with Crippen molar-refractivity contribution >= 4 is 23.6 Å². The highest BCUT2D eigenvalue weighted by molar-refractivity contribution is 5.96. The molecule has 0 radical (unpaired) electrons. The maximum atomic E-state index is 13.2. The number of carbonyl (C=O) groups is 4. The van der Waals surface area contributed by atoms with Gasteiger partial charge in [0.15, 0.2) is 5.69 Å². The summed E-state index contributed by atoms with van der Waals surface area (Å²) >= 11 is 0. The fourth-order valence-electron chi connectivity index (χ4n) is 4.69. The van der Waals surface area contributed by atoms with Crippen molar-refractivity contribution in [2.24, 2.45) is 0 Å². The second-order valence-corrected chi connectivity index (χ2v) is 10.3. The molecule has 1 aromatic carbocycles. The zero-order valence-corrected chi connectivity index (χ0v) is 23.8. The number of rotatable bonds is 5. The highest BCUT2D eigenvalue weighted by Crippen LogP contribution is 2.14. The van der Waals surface area contributed by atoms with Crippen molar-refractivity contribution < 1.29 is 23.6 Å². The zero-order chi connectivity index (χ0) is 30.2. The first-order chi connectivity index (χ1) is 20.1. The Hall–Kier alpha value is -4.81. The van der Waals surface area contributed by atoms with Gasteiger partial charge in [-0.2, -0.15) is 4.98 Å². The Balaban J connectivity index is 1.50. The van der Waals surface area contributed by atoms with Crippen LogP contribution in [0.15, 0.2) is 51.9 Å². The van der Waals surface area contributed by atoms with Crippen LogP contribution in [0.5, 0.6) is 0 Å². The van der Waals surface area contributed by atoms with Gasteiger partial charge in [0.2, 0.25) is 23.6 Å². The third-order valence-corrected chi connectivity index (χ3v) is 6.91. The summed E-state index contributed by atoms with van der Waals surface area (Å²) < 4.78 is 6.70. The molecule has 3 atom stereocenters. The van der Waals surface area contributed by atoms with Crippen LogP contribution in [0.2, 0.25) is 0 Å². The van der Waals surface area contributed by atoms with E-state index in [0.717, 1.165) is 11.8 Å². The van der Waals surface area contributed by atoms with Crippen LogP contribution in [0.1, 0.15) is 65.6 Å². The first kappa shape index (κ1) is 30.2. The highest BCUT2D eigenvalue weighted by atomic mass is 16.3. The van der Waals surface area contributed by atoms with E-state index < -0.39 is 41.5 Å². The van der Waals surface area contributed by atoms with Crippen LogP contribution in [0.3, 0.4) is 0 Å². The number of hydrogen-bond acceptors (Lipinski definition) is 8. The Labute approximate surface area is 242 Å². The average molecular weight is 578 g/mol. The summed E-state index contributed by atoms with van der Waals surface area (Å²) in [5.74, 6) is -1.87. The van der Waals surface area contributed by atoms with Gasteiger partial charge < -0.3 is 25.7 Å². The molecule has 2 bridgehead atoms. The van der Waals surface area contributed by atoms with E-state index in [1.165, 1.54) is 4.57 Å².